The number of carboxylic acid groups (broad SMARTS) is 1. The van der Waals surface area contributed by atoms with Gasteiger partial charge in [0.05, 0.1) is 6.04 Å². The van der Waals surface area contributed by atoms with E-state index in [1.165, 1.54) is 6.07 Å². The first-order chi connectivity index (χ1) is 7.00. The Balaban J connectivity index is 2.61. The van der Waals surface area contributed by atoms with Crippen LogP contribution in [-0.2, 0) is 0 Å². The predicted molar refractivity (Wildman–Crippen MR) is 57.1 cm³/mol. The molecule has 0 radical (unpaired) electrons. The van der Waals surface area contributed by atoms with E-state index >= 15 is 0 Å². The highest BCUT2D eigenvalue weighted by Gasteiger charge is 2.13. The number of aromatic carboxylic acids is 1. The lowest BCUT2D eigenvalue weighted by Crippen LogP contribution is -2.19. The Morgan fingerprint density at radius 2 is 2.40 bits per heavy atom. The van der Waals surface area contributed by atoms with E-state index in [-0.39, 0.29) is 11.8 Å². The number of halogens is 1. The summed E-state index contributed by atoms with van der Waals surface area (Å²) >= 11 is 5.58. The zero-order valence-corrected chi connectivity index (χ0v) is 9.04. The second kappa shape index (κ2) is 5.00. The average molecular weight is 230 g/mol. The molecule has 4 nitrogen and oxygen atoms in total. The molecule has 82 valence electrons. The van der Waals surface area contributed by atoms with E-state index in [9.17, 15) is 4.79 Å². The fraction of sp³-hybridized carbons (Fsp3) is 0.300. The van der Waals surface area contributed by atoms with E-state index in [2.05, 4.69) is 11.9 Å². The summed E-state index contributed by atoms with van der Waals surface area (Å²) in [6.07, 6.45) is 0. The first kappa shape index (κ1) is 11.8. The van der Waals surface area contributed by atoms with Crippen LogP contribution >= 0.6 is 11.6 Å². The van der Waals surface area contributed by atoms with Gasteiger partial charge in [0.1, 0.15) is 5.76 Å². The van der Waals surface area contributed by atoms with Crippen LogP contribution in [0, 0.1) is 0 Å². The van der Waals surface area contributed by atoms with E-state index in [1.807, 2.05) is 6.92 Å². The maximum absolute atomic E-state index is 10.6. The van der Waals surface area contributed by atoms with Crippen molar-refractivity contribution in [1.29, 1.82) is 0 Å². The summed E-state index contributed by atoms with van der Waals surface area (Å²) in [6.45, 7) is 5.83. The maximum Gasteiger partial charge on any atom is 0.371 e. The standard InChI is InChI=1S/C10H12ClNO3/c1-6(11)5-12-7(2)8-3-4-9(15-8)10(13)14/h3-4,7,12H,1,5H2,2H3,(H,13,14). The van der Waals surface area contributed by atoms with Gasteiger partial charge < -0.3 is 14.8 Å². The van der Waals surface area contributed by atoms with Gasteiger partial charge in [0.2, 0.25) is 5.76 Å². The van der Waals surface area contributed by atoms with E-state index < -0.39 is 5.97 Å². The molecule has 1 rings (SSSR count). The second-order valence-corrected chi connectivity index (χ2v) is 3.66. The van der Waals surface area contributed by atoms with Crippen LogP contribution in [0.15, 0.2) is 28.2 Å². The summed E-state index contributed by atoms with van der Waals surface area (Å²) in [7, 11) is 0. The molecule has 0 spiro atoms. The molecule has 0 saturated heterocycles. The van der Waals surface area contributed by atoms with Crippen LogP contribution < -0.4 is 5.32 Å². The van der Waals surface area contributed by atoms with Crippen molar-refractivity contribution in [1.82, 2.24) is 5.32 Å². The molecule has 0 aliphatic heterocycles. The van der Waals surface area contributed by atoms with Gasteiger partial charge in [0.15, 0.2) is 0 Å². The lowest BCUT2D eigenvalue weighted by Gasteiger charge is -2.09. The van der Waals surface area contributed by atoms with Crippen LogP contribution in [0.25, 0.3) is 0 Å². The highest BCUT2D eigenvalue weighted by Crippen LogP contribution is 2.16. The quantitative estimate of drug-likeness (QED) is 0.814. The fourth-order valence-electron chi connectivity index (χ4n) is 1.06. The summed E-state index contributed by atoms with van der Waals surface area (Å²) in [4.78, 5) is 10.6. The number of hydrogen-bond donors (Lipinski definition) is 2. The van der Waals surface area contributed by atoms with E-state index in [1.54, 1.807) is 6.07 Å². The molecule has 2 N–H and O–H groups in total. The smallest absolute Gasteiger partial charge is 0.371 e. The van der Waals surface area contributed by atoms with Crippen LogP contribution in [-0.4, -0.2) is 17.6 Å². The van der Waals surface area contributed by atoms with Crippen LogP contribution in [0.4, 0.5) is 0 Å². The normalized spacial score (nSPS) is 12.4. The van der Waals surface area contributed by atoms with Crippen LogP contribution in [0.1, 0.15) is 29.3 Å². The van der Waals surface area contributed by atoms with Crippen molar-refractivity contribution in [3.63, 3.8) is 0 Å². The summed E-state index contributed by atoms with van der Waals surface area (Å²) in [5.41, 5.74) is 0. The van der Waals surface area contributed by atoms with Gasteiger partial charge in [-0.1, -0.05) is 18.2 Å². The monoisotopic (exact) mass is 229 g/mol. The Morgan fingerprint density at radius 1 is 1.73 bits per heavy atom. The molecule has 5 heteroatoms. The Kier molecular flexibility index (Phi) is 3.94. The summed E-state index contributed by atoms with van der Waals surface area (Å²) in [5.74, 6) is -0.580. The molecule has 0 aliphatic carbocycles. The molecule has 0 saturated carbocycles. The summed E-state index contributed by atoms with van der Waals surface area (Å²) < 4.78 is 5.10. The largest absolute Gasteiger partial charge is 0.475 e. The molecule has 0 aliphatic rings. The van der Waals surface area contributed by atoms with E-state index in [0.29, 0.717) is 17.3 Å². The second-order valence-electron chi connectivity index (χ2n) is 3.13. The highest BCUT2D eigenvalue weighted by atomic mass is 35.5. The van der Waals surface area contributed by atoms with E-state index in [4.69, 9.17) is 21.1 Å². The lowest BCUT2D eigenvalue weighted by molar-refractivity contribution is 0.0659. The Morgan fingerprint density at radius 3 is 2.87 bits per heavy atom. The molecule has 1 aromatic heterocycles. The zero-order chi connectivity index (χ0) is 11.4. The van der Waals surface area contributed by atoms with Crippen molar-refractivity contribution in [2.45, 2.75) is 13.0 Å². The maximum atomic E-state index is 10.6. The van der Waals surface area contributed by atoms with Crippen molar-refractivity contribution < 1.29 is 14.3 Å². The average Bonchev–Trinajstić information content (AvgIpc) is 2.62. The highest BCUT2D eigenvalue weighted by molar-refractivity contribution is 6.29. The van der Waals surface area contributed by atoms with Crippen molar-refractivity contribution in [3.05, 3.63) is 35.3 Å². The number of carbonyl (C=O) groups is 1. The Labute approximate surface area is 92.5 Å². The molecular weight excluding hydrogens is 218 g/mol. The van der Waals surface area contributed by atoms with Gasteiger partial charge in [-0.3, -0.25) is 0 Å². The molecule has 0 aromatic carbocycles. The minimum Gasteiger partial charge on any atom is -0.475 e. The fourth-order valence-corrected chi connectivity index (χ4v) is 1.14. The molecule has 1 atom stereocenters. The topological polar surface area (TPSA) is 62.5 Å². The summed E-state index contributed by atoms with van der Waals surface area (Å²) in [6, 6.07) is 2.94. The summed E-state index contributed by atoms with van der Waals surface area (Å²) in [5, 5.41) is 12.2. The van der Waals surface area contributed by atoms with Gasteiger partial charge in [-0.05, 0) is 19.1 Å². The molecule has 0 amide bonds. The van der Waals surface area contributed by atoms with Gasteiger partial charge in [-0.15, -0.1) is 0 Å². The molecule has 1 unspecified atom stereocenters. The number of carboxylic acids is 1. The molecule has 15 heavy (non-hydrogen) atoms. The van der Waals surface area contributed by atoms with E-state index in [0.717, 1.165) is 0 Å². The van der Waals surface area contributed by atoms with Gasteiger partial charge in [-0.2, -0.15) is 0 Å². The minimum absolute atomic E-state index is 0.0663. The predicted octanol–water partition coefficient (Wildman–Crippen LogP) is 2.38. The van der Waals surface area contributed by atoms with Gasteiger partial charge in [-0.25, -0.2) is 4.79 Å². The number of hydrogen-bond acceptors (Lipinski definition) is 3. The molecular formula is C10H12ClNO3. The zero-order valence-electron chi connectivity index (χ0n) is 8.29. The Hall–Kier alpha value is -1.26. The van der Waals surface area contributed by atoms with Gasteiger partial charge in [0.25, 0.3) is 0 Å². The van der Waals surface area contributed by atoms with Crippen molar-refractivity contribution >= 4 is 17.6 Å². The van der Waals surface area contributed by atoms with Crippen LogP contribution in [0.2, 0.25) is 0 Å². The van der Waals surface area contributed by atoms with Gasteiger partial charge in [0, 0.05) is 11.6 Å². The third-order valence-electron chi connectivity index (χ3n) is 1.86. The van der Waals surface area contributed by atoms with Crippen molar-refractivity contribution in [2.24, 2.45) is 0 Å². The first-order valence-corrected chi connectivity index (χ1v) is 4.78. The first-order valence-electron chi connectivity index (χ1n) is 4.40. The lowest BCUT2D eigenvalue weighted by atomic mass is 10.2. The molecule has 1 aromatic rings. The third-order valence-corrected chi connectivity index (χ3v) is 2.00. The van der Waals surface area contributed by atoms with Gasteiger partial charge >= 0.3 is 5.97 Å². The van der Waals surface area contributed by atoms with Crippen molar-refractivity contribution in [3.8, 4) is 0 Å². The van der Waals surface area contributed by atoms with Crippen molar-refractivity contribution in [2.75, 3.05) is 6.54 Å². The number of rotatable bonds is 5. The van der Waals surface area contributed by atoms with Crippen LogP contribution in [0.5, 0.6) is 0 Å². The molecule has 0 fully saturated rings. The number of nitrogens with one attached hydrogen (secondary N) is 1. The Bertz CT molecular complexity index is 372. The molecule has 0 bridgehead atoms. The van der Waals surface area contributed by atoms with Crippen LogP contribution in [0.3, 0.4) is 0 Å². The minimum atomic E-state index is -1.07. The third kappa shape index (κ3) is 3.42. The SMILES string of the molecule is C=C(Cl)CNC(C)c1ccc(C(=O)O)o1. The molecule has 1 heterocycles. The number of furan rings is 1.